The zero-order valence-corrected chi connectivity index (χ0v) is 18.2. The van der Waals surface area contributed by atoms with E-state index < -0.39 is 10.0 Å². The first-order chi connectivity index (χ1) is 13.9. The maximum Gasteiger partial charge on any atom is 0.211 e. The Bertz CT molecular complexity index is 755. The number of carbonyl (C=O) groups excluding carboxylic acids is 1. The molecule has 2 saturated heterocycles. The van der Waals surface area contributed by atoms with Crippen LogP contribution < -0.4 is 5.32 Å². The van der Waals surface area contributed by atoms with E-state index in [9.17, 15) is 13.2 Å². The van der Waals surface area contributed by atoms with Crippen molar-refractivity contribution in [3.63, 3.8) is 0 Å². The van der Waals surface area contributed by atoms with Crippen LogP contribution in [0.4, 0.5) is 0 Å². The lowest BCUT2D eigenvalue weighted by Gasteiger charge is -2.33. The fourth-order valence-corrected chi connectivity index (χ4v) is 4.70. The minimum Gasteiger partial charge on any atom is -0.308 e. The van der Waals surface area contributed by atoms with Gasteiger partial charge in [0, 0.05) is 52.0 Å². The van der Waals surface area contributed by atoms with E-state index in [-0.39, 0.29) is 5.78 Å². The molecule has 0 bridgehead atoms. The number of piperazine rings is 1. The molecule has 0 aromatic carbocycles. The van der Waals surface area contributed by atoms with E-state index in [0.717, 1.165) is 18.7 Å². The van der Waals surface area contributed by atoms with Crippen LogP contribution in [0, 0.1) is 0 Å². The van der Waals surface area contributed by atoms with Crippen molar-refractivity contribution < 1.29 is 13.2 Å². The number of sulfonamides is 1. The molecule has 2 aliphatic heterocycles. The summed E-state index contributed by atoms with van der Waals surface area (Å²) < 4.78 is 24.7. The van der Waals surface area contributed by atoms with Gasteiger partial charge in [-0.15, -0.1) is 0 Å². The number of ketones is 1. The van der Waals surface area contributed by atoms with Crippen molar-refractivity contribution in [3.05, 3.63) is 29.6 Å². The maximum atomic E-state index is 12.3. The zero-order valence-electron chi connectivity index (χ0n) is 17.3. The number of hydrogen-bond donors (Lipinski definition) is 1. The number of nitrogens with zero attached hydrogens (tertiary/aromatic N) is 4. The summed E-state index contributed by atoms with van der Waals surface area (Å²) in [5.74, 6) is 0.0111. The summed E-state index contributed by atoms with van der Waals surface area (Å²) >= 11 is 0. The van der Waals surface area contributed by atoms with E-state index in [1.165, 1.54) is 42.9 Å². The van der Waals surface area contributed by atoms with Crippen LogP contribution in [0.3, 0.4) is 0 Å². The molecule has 0 radical (unpaired) electrons. The summed E-state index contributed by atoms with van der Waals surface area (Å²) in [6, 6.07) is 3.73. The van der Waals surface area contributed by atoms with Gasteiger partial charge in [-0.3, -0.25) is 14.7 Å². The summed E-state index contributed by atoms with van der Waals surface area (Å²) in [4.78, 5) is 21.3. The van der Waals surface area contributed by atoms with E-state index in [4.69, 9.17) is 0 Å². The second-order valence-corrected chi connectivity index (χ2v) is 9.97. The molecule has 2 fully saturated rings. The Morgan fingerprint density at radius 1 is 1.03 bits per heavy atom. The van der Waals surface area contributed by atoms with Gasteiger partial charge in [0.1, 0.15) is 5.69 Å². The van der Waals surface area contributed by atoms with Gasteiger partial charge in [0.05, 0.1) is 12.8 Å². The van der Waals surface area contributed by atoms with Crippen molar-refractivity contribution in [2.45, 2.75) is 25.8 Å². The number of piperidine rings is 1. The number of rotatable bonds is 9. The van der Waals surface area contributed by atoms with Crippen molar-refractivity contribution >= 4 is 15.8 Å². The number of likely N-dealkylation sites (tertiary alicyclic amines) is 1. The number of nitrogens with one attached hydrogen (secondary N) is 1. The summed E-state index contributed by atoms with van der Waals surface area (Å²) in [5.41, 5.74) is 1.52. The molecule has 0 unspecified atom stereocenters. The van der Waals surface area contributed by atoms with Crippen molar-refractivity contribution in [2.24, 2.45) is 0 Å². The number of Topliss-reactive ketones (excluding diaryl/α,β-unsaturated/α-hetero) is 1. The Morgan fingerprint density at radius 2 is 1.76 bits per heavy atom. The Hall–Kier alpha value is -1.39. The molecule has 162 valence electrons. The van der Waals surface area contributed by atoms with Gasteiger partial charge >= 0.3 is 0 Å². The SMILES string of the molecule is CS(=O)(=O)N1CCN(Cc2ccc(C(=O)CNCCN3CCCCC3)nc2)CC1. The van der Waals surface area contributed by atoms with Gasteiger partial charge in [-0.25, -0.2) is 8.42 Å². The fraction of sp³-hybridized carbons (Fsp3) is 0.700. The van der Waals surface area contributed by atoms with Gasteiger partial charge in [-0.05, 0) is 37.6 Å². The standard InChI is InChI=1S/C20H33N5O3S/c1-29(27,28)25-13-11-24(12-14-25)17-18-5-6-19(22-15-18)20(26)16-21-7-10-23-8-3-2-4-9-23/h5-6,15,21H,2-4,7-14,16-17H2,1H3. The largest absolute Gasteiger partial charge is 0.308 e. The fourth-order valence-electron chi connectivity index (χ4n) is 3.87. The van der Waals surface area contributed by atoms with Crippen molar-refractivity contribution in [3.8, 4) is 0 Å². The average molecular weight is 424 g/mol. The Labute approximate surface area is 174 Å². The second kappa shape index (κ2) is 10.6. The summed E-state index contributed by atoms with van der Waals surface area (Å²) in [7, 11) is -3.11. The summed E-state index contributed by atoms with van der Waals surface area (Å²) in [6.45, 7) is 7.63. The molecule has 0 spiro atoms. The van der Waals surface area contributed by atoms with Crippen LogP contribution in [-0.4, -0.2) is 98.4 Å². The van der Waals surface area contributed by atoms with Gasteiger partial charge < -0.3 is 10.2 Å². The molecule has 29 heavy (non-hydrogen) atoms. The number of carbonyl (C=O) groups is 1. The van der Waals surface area contributed by atoms with Crippen LogP contribution in [0.15, 0.2) is 18.3 Å². The van der Waals surface area contributed by atoms with Crippen LogP contribution in [0.1, 0.15) is 35.3 Å². The number of hydrogen-bond acceptors (Lipinski definition) is 7. The van der Waals surface area contributed by atoms with E-state index in [2.05, 4.69) is 20.1 Å². The minimum absolute atomic E-state index is 0.0111. The second-order valence-electron chi connectivity index (χ2n) is 7.99. The van der Waals surface area contributed by atoms with E-state index in [1.54, 1.807) is 12.3 Å². The molecular formula is C20H33N5O3S. The minimum atomic E-state index is -3.11. The van der Waals surface area contributed by atoms with E-state index in [0.29, 0.717) is 45.0 Å². The molecule has 1 aromatic rings. The molecule has 0 aliphatic carbocycles. The molecule has 3 heterocycles. The normalized spacial score (nSPS) is 20.0. The van der Waals surface area contributed by atoms with Gasteiger partial charge in [0.2, 0.25) is 10.0 Å². The lowest BCUT2D eigenvalue weighted by molar-refractivity contribution is 0.0985. The molecule has 2 aliphatic rings. The molecule has 0 saturated carbocycles. The molecule has 0 atom stereocenters. The third-order valence-electron chi connectivity index (χ3n) is 5.66. The van der Waals surface area contributed by atoms with Crippen molar-refractivity contribution in [1.82, 2.24) is 24.4 Å². The number of pyridine rings is 1. The predicted molar refractivity (Wildman–Crippen MR) is 113 cm³/mol. The molecule has 9 heteroatoms. The van der Waals surface area contributed by atoms with Crippen molar-refractivity contribution in [2.75, 3.05) is 65.2 Å². The van der Waals surface area contributed by atoms with Gasteiger partial charge in [-0.1, -0.05) is 12.5 Å². The van der Waals surface area contributed by atoms with Crippen LogP contribution in [0.5, 0.6) is 0 Å². The monoisotopic (exact) mass is 423 g/mol. The molecule has 1 aromatic heterocycles. The summed E-state index contributed by atoms with van der Waals surface area (Å²) in [6.07, 6.45) is 6.90. The predicted octanol–water partition coefficient (Wildman–Crippen LogP) is 0.417. The third-order valence-corrected chi connectivity index (χ3v) is 6.96. The van der Waals surface area contributed by atoms with Gasteiger partial charge in [0.15, 0.2) is 5.78 Å². The zero-order chi connectivity index (χ0) is 20.7. The number of aromatic nitrogens is 1. The van der Waals surface area contributed by atoms with Crippen LogP contribution in [0.25, 0.3) is 0 Å². The highest BCUT2D eigenvalue weighted by Gasteiger charge is 2.23. The highest BCUT2D eigenvalue weighted by atomic mass is 32.2. The average Bonchev–Trinajstić information content (AvgIpc) is 2.72. The first-order valence-corrected chi connectivity index (χ1v) is 12.4. The third kappa shape index (κ3) is 7.11. The quantitative estimate of drug-likeness (QED) is 0.455. The van der Waals surface area contributed by atoms with Crippen molar-refractivity contribution in [1.29, 1.82) is 0 Å². The smallest absolute Gasteiger partial charge is 0.211 e. The highest BCUT2D eigenvalue weighted by Crippen LogP contribution is 2.11. The van der Waals surface area contributed by atoms with Gasteiger partial charge in [0.25, 0.3) is 0 Å². The Morgan fingerprint density at radius 3 is 2.38 bits per heavy atom. The van der Waals surface area contributed by atoms with Crippen LogP contribution in [0.2, 0.25) is 0 Å². The van der Waals surface area contributed by atoms with Crippen LogP contribution >= 0.6 is 0 Å². The Balaban J connectivity index is 1.37. The van der Waals surface area contributed by atoms with E-state index in [1.807, 2.05) is 6.07 Å². The maximum absolute atomic E-state index is 12.3. The topological polar surface area (TPSA) is 85.8 Å². The Kier molecular flexibility index (Phi) is 8.14. The highest BCUT2D eigenvalue weighted by molar-refractivity contribution is 7.88. The molecule has 1 N–H and O–H groups in total. The molecular weight excluding hydrogens is 390 g/mol. The molecule has 3 rings (SSSR count). The lowest BCUT2D eigenvalue weighted by Crippen LogP contribution is -2.47. The molecule has 8 nitrogen and oxygen atoms in total. The summed E-state index contributed by atoms with van der Waals surface area (Å²) in [5, 5.41) is 3.23. The lowest BCUT2D eigenvalue weighted by atomic mass is 10.1. The van der Waals surface area contributed by atoms with E-state index >= 15 is 0 Å². The molecule has 0 amide bonds. The van der Waals surface area contributed by atoms with Crippen LogP contribution in [-0.2, 0) is 16.6 Å². The first kappa shape index (κ1) is 22.3. The first-order valence-electron chi connectivity index (χ1n) is 10.5. The van der Waals surface area contributed by atoms with Gasteiger partial charge in [-0.2, -0.15) is 4.31 Å².